The first-order valence-corrected chi connectivity index (χ1v) is 4.14. The molecule has 0 fully saturated rings. The predicted molar refractivity (Wildman–Crippen MR) is 50.0 cm³/mol. The minimum absolute atomic E-state index is 0.110. The van der Waals surface area contributed by atoms with Crippen LogP contribution >= 0.6 is 0 Å². The van der Waals surface area contributed by atoms with Crippen molar-refractivity contribution in [3.8, 4) is 5.75 Å². The highest BCUT2D eigenvalue weighted by molar-refractivity contribution is 5.90. The van der Waals surface area contributed by atoms with Gasteiger partial charge in [-0.05, 0) is 25.1 Å². The summed E-state index contributed by atoms with van der Waals surface area (Å²) >= 11 is 0. The first-order valence-electron chi connectivity index (χ1n) is 4.14. The van der Waals surface area contributed by atoms with Crippen LogP contribution in [0, 0.1) is 0 Å². The molecule has 1 aromatic rings. The summed E-state index contributed by atoms with van der Waals surface area (Å²) in [5.41, 5.74) is 0.468. The summed E-state index contributed by atoms with van der Waals surface area (Å²) < 4.78 is 5.12. The van der Waals surface area contributed by atoms with E-state index >= 15 is 0 Å². The Hall–Kier alpha value is -1.84. The molecule has 0 aliphatic rings. The maximum absolute atomic E-state index is 10.6. The first-order chi connectivity index (χ1) is 6.69. The third kappa shape index (κ3) is 2.10. The van der Waals surface area contributed by atoms with Crippen molar-refractivity contribution in [2.45, 2.75) is 6.92 Å². The summed E-state index contributed by atoms with van der Waals surface area (Å²) in [4.78, 5) is 21.2. The molecule has 74 valence electrons. The average molecular weight is 194 g/mol. The van der Waals surface area contributed by atoms with Crippen molar-refractivity contribution < 1.29 is 19.4 Å². The minimum Gasteiger partial charge on any atom is -0.493 e. The second kappa shape index (κ2) is 4.41. The van der Waals surface area contributed by atoms with Crippen LogP contribution < -0.4 is 4.74 Å². The summed E-state index contributed by atoms with van der Waals surface area (Å²) in [6.07, 6.45) is 0.636. The molecule has 0 aliphatic carbocycles. The smallest absolute Gasteiger partial charge is 0.335 e. The van der Waals surface area contributed by atoms with Crippen molar-refractivity contribution >= 4 is 12.3 Å². The van der Waals surface area contributed by atoms with Crippen LogP contribution in [0.1, 0.15) is 27.6 Å². The number of aldehydes is 1. The lowest BCUT2D eigenvalue weighted by Crippen LogP contribution is -2.01. The molecule has 0 heterocycles. The highest BCUT2D eigenvalue weighted by Crippen LogP contribution is 2.18. The summed E-state index contributed by atoms with van der Waals surface area (Å²) in [5.74, 6) is -0.731. The van der Waals surface area contributed by atoms with Gasteiger partial charge in [0.15, 0.2) is 6.29 Å². The Balaban J connectivity index is 3.13. The van der Waals surface area contributed by atoms with Crippen LogP contribution in [0.4, 0.5) is 0 Å². The zero-order valence-electron chi connectivity index (χ0n) is 7.69. The van der Waals surface area contributed by atoms with Gasteiger partial charge in [0.1, 0.15) is 5.75 Å². The zero-order chi connectivity index (χ0) is 10.6. The summed E-state index contributed by atoms with van der Waals surface area (Å²) in [5, 5.41) is 8.70. The number of aromatic carboxylic acids is 1. The molecule has 0 atom stereocenters. The average Bonchev–Trinajstić information content (AvgIpc) is 2.18. The molecule has 0 aromatic heterocycles. The number of carboxylic acids is 1. The molecule has 0 spiro atoms. The topological polar surface area (TPSA) is 63.6 Å². The molecule has 1 N–H and O–H groups in total. The lowest BCUT2D eigenvalue weighted by atomic mass is 10.1. The number of carboxylic acid groups (broad SMARTS) is 1. The number of rotatable bonds is 4. The maximum Gasteiger partial charge on any atom is 0.335 e. The molecular formula is C10H10O4. The molecule has 0 saturated carbocycles. The van der Waals surface area contributed by atoms with Crippen LogP contribution in [0.25, 0.3) is 0 Å². The molecule has 0 bridgehead atoms. The first kappa shape index (κ1) is 10.2. The van der Waals surface area contributed by atoms with E-state index in [-0.39, 0.29) is 5.56 Å². The molecule has 0 aliphatic heterocycles. The van der Waals surface area contributed by atoms with Gasteiger partial charge >= 0.3 is 5.97 Å². The quantitative estimate of drug-likeness (QED) is 0.739. The van der Waals surface area contributed by atoms with Gasteiger partial charge in [0.2, 0.25) is 0 Å². The molecule has 1 aromatic carbocycles. The maximum atomic E-state index is 10.6. The van der Waals surface area contributed by atoms with Gasteiger partial charge in [0.25, 0.3) is 0 Å². The normalized spacial score (nSPS) is 9.50. The van der Waals surface area contributed by atoms with Gasteiger partial charge in [-0.1, -0.05) is 0 Å². The highest BCUT2D eigenvalue weighted by atomic mass is 16.5. The number of benzene rings is 1. The van der Waals surface area contributed by atoms with E-state index in [1.807, 2.05) is 0 Å². The van der Waals surface area contributed by atoms with Crippen LogP contribution in [0.15, 0.2) is 18.2 Å². The Morgan fingerprint density at radius 1 is 1.57 bits per heavy atom. The summed E-state index contributed by atoms with van der Waals surface area (Å²) in [7, 11) is 0. The molecule has 4 nitrogen and oxygen atoms in total. The number of carbonyl (C=O) groups excluding carboxylic acids is 1. The third-order valence-electron chi connectivity index (χ3n) is 1.69. The Labute approximate surface area is 81.1 Å². The van der Waals surface area contributed by atoms with Crippen LogP contribution in [0.2, 0.25) is 0 Å². The van der Waals surface area contributed by atoms with Crippen molar-refractivity contribution in [2.75, 3.05) is 6.61 Å². The van der Waals surface area contributed by atoms with E-state index in [1.165, 1.54) is 18.2 Å². The fourth-order valence-electron chi connectivity index (χ4n) is 1.05. The second-order valence-electron chi connectivity index (χ2n) is 2.61. The number of carbonyl (C=O) groups is 2. The third-order valence-corrected chi connectivity index (χ3v) is 1.69. The lowest BCUT2D eigenvalue weighted by molar-refractivity contribution is 0.0696. The van der Waals surface area contributed by atoms with E-state index in [4.69, 9.17) is 9.84 Å². The Kier molecular flexibility index (Phi) is 3.23. The van der Waals surface area contributed by atoms with Gasteiger partial charge in [0.05, 0.1) is 17.7 Å². The number of ether oxygens (including phenoxy) is 1. The van der Waals surface area contributed by atoms with Crippen molar-refractivity contribution in [1.82, 2.24) is 0 Å². The van der Waals surface area contributed by atoms with Gasteiger partial charge < -0.3 is 9.84 Å². The fourth-order valence-corrected chi connectivity index (χ4v) is 1.05. The van der Waals surface area contributed by atoms with Crippen molar-refractivity contribution in [3.63, 3.8) is 0 Å². The lowest BCUT2D eigenvalue weighted by Gasteiger charge is -2.06. The minimum atomic E-state index is -1.04. The van der Waals surface area contributed by atoms with Gasteiger partial charge in [-0.25, -0.2) is 4.79 Å². The van der Waals surface area contributed by atoms with Crippen LogP contribution in [-0.4, -0.2) is 24.0 Å². The van der Waals surface area contributed by atoms with Gasteiger partial charge in [-0.15, -0.1) is 0 Å². The Morgan fingerprint density at radius 3 is 2.79 bits per heavy atom. The summed E-state index contributed by atoms with van der Waals surface area (Å²) in [6.45, 7) is 2.16. The molecule has 0 radical (unpaired) electrons. The van der Waals surface area contributed by atoms with Crippen molar-refractivity contribution in [2.24, 2.45) is 0 Å². The van der Waals surface area contributed by atoms with E-state index in [0.717, 1.165) is 0 Å². The molecule has 1 rings (SSSR count). The Bertz CT molecular complexity index is 357. The standard InChI is InChI=1S/C10H10O4/c1-2-14-9-5-7(10(12)13)3-4-8(9)6-11/h3-6H,2H2,1H3,(H,12,13). The van der Waals surface area contributed by atoms with E-state index in [1.54, 1.807) is 6.92 Å². The van der Waals surface area contributed by atoms with E-state index in [2.05, 4.69) is 0 Å². The second-order valence-corrected chi connectivity index (χ2v) is 2.61. The predicted octanol–water partition coefficient (Wildman–Crippen LogP) is 1.60. The highest BCUT2D eigenvalue weighted by Gasteiger charge is 2.08. The monoisotopic (exact) mass is 194 g/mol. The molecular weight excluding hydrogens is 184 g/mol. The number of hydrogen-bond acceptors (Lipinski definition) is 3. The Morgan fingerprint density at radius 2 is 2.29 bits per heavy atom. The fraction of sp³-hybridized carbons (Fsp3) is 0.200. The van der Waals surface area contributed by atoms with Crippen LogP contribution in [0.5, 0.6) is 5.75 Å². The molecule has 0 unspecified atom stereocenters. The van der Waals surface area contributed by atoms with Gasteiger partial charge in [-0.2, -0.15) is 0 Å². The van der Waals surface area contributed by atoms with E-state index in [0.29, 0.717) is 24.2 Å². The zero-order valence-corrected chi connectivity index (χ0v) is 7.69. The number of hydrogen-bond donors (Lipinski definition) is 1. The molecule has 4 heteroatoms. The van der Waals surface area contributed by atoms with E-state index in [9.17, 15) is 9.59 Å². The van der Waals surface area contributed by atoms with Crippen LogP contribution in [-0.2, 0) is 0 Å². The largest absolute Gasteiger partial charge is 0.493 e. The van der Waals surface area contributed by atoms with Gasteiger partial charge in [0, 0.05) is 0 Å². The van der Waals surface area contributed by atoms with Crippen molar-refractivity contribution in [3.05, 3.63) is 29.3 Å². The van der Waals surface area contributed by atoms with Crippen molar-refractivity contribution in [1.29, 1.82) is 0 Å². The molecule has 14 heavy (non-hydrogen) atoms. The van der Waals surface area contributed by atoms with Gasteiger partial charge in [-0.3, -0.25) is 4.79 Å². The molecule has 0 saturated heterocycles. The van der Waals surface area contributed by atoms with E-state index < -0.39 is 5.97 Å². The van der Waals surface area contributed by atoms with Crippen LogP contribution in [0.3, 0.4) is 0 Å². The molecule has 0 amide bonds. The SMILES string of the molecule is CCOc1cc(C(=O)O)ccc1C=O. The summed E-state index contributed by atoms with van der Waals surface area (Å²) in [6, 6.07) is 4.14.